The standard InChI is InChI=1S/C28H32N4O4S/c1-16-10-21(24-22(11-16)31-18(14-30-24)15-34-5)26-32-25-20(17-6-7-17)12-19(13-23(25)37-26)35-9-8-29-27(33)36-28(2,3)4/h10-14,17H,6-9,15H2,1-5H3,(H,29,33). The van der Waals surface area contributed by atoms with Crippen molar-refractivity contribution in [3.8, 4) is 16.3 Å². The summed E-state index contributed by atoms with van der Waals surface area (Å²) in [4.78, 5) is 26.4. The maximum Gasteiger partial charge on any atom is 0.407 e. The first-order chi connectivity index (χ1) is 17.7. The number of ether oxygens (including phenoxy) is 3. The van der Waals surface area contributed by atoms with Gasteiger partial charge in [-0.05, 0) is 81.8 Å². The molecule has 2 aromatic carbocycles. The second-order valence-electron chi connectivity index (χ2n) is 10.4. The van der Waals surface area contributed by atoms with Crippen molar-refractivity contribution in [2.75, 3.05) is 20.3 Å². The molecule has 0 radical (unpaired) electrons. The summed E-state index contributed by atoms with van der Waals surface area (Å²) in [6, 6.07) is 8.31. The highest BCUT2D eigenvalue weighted by Crippen LogP contribution is 2.46. The van der Waals surface area contributed by atoms with E-state index in [4.69, 9.17) is 29.2 Å². The Morgan fingerprint density at radius 1 is 1.14 bits per heavy atom. The lowest BCUT2D eigenvalue weighted by Crippen LogP contribution is -2.34. The third-order valence-electron chi connectivity index (χ3n) is 5.92. The molecule has 9 heteroatoms. The largest absolute Gasteiger partial charge is 0.492 e. The van der Waals surface area contributed by atoms with Crippen molar-refractivity contribution >= 4 is 38.7 Å². The van der Waals surface area contributed by atoms with Gasteiger partial charge in [0.1, 0.15) is 23.0 Å². The van der Waals surface area contributed by atoms with Crippen molar-refractivity contribution < 1.29 is 19.0 Å². The normalized spacial score (nSPS) is 13.8. The Morgan fingerprint density at radius 2 is 1.95 bits per heavy atom. The van der Waals surface area contributed by atoms with Crippen LogP contribution in [0.25, 0.3) is 31.8 Å². The number of aromatic nitrogens is 3. The predicted molar refractivity (Wildman–Crippen MR) is 145 cm³/mol. The van der Waals surface area contributed by atoms with Gasteiger partial charge in [-0.2, -0.15) is 0 Å². The summed E-state index contributed by atoms with van der Waals surface area (Å²) in [5.74, 6) is 1.29. The summed E-state index contributed by atoms with van der Waals surface area (Å²) < 4.78 is 17.6. The van der Waals surface area contributed by atoms with E-state index in [9.17, 15) is 4.79 Å². The summed E-state index contributed by atoms with van der Waals surface area (Å²) in [6.07, 6.45) is 3.64. The fourth-order valence-corrected chi connectivity index (χ4v) is 5.30. The van der Waals surface area contributed by atoms with E-state index in [0.29, 0.717) is 25.7 Å². The molecule has 5 rings (SSSR count). The molecule has 0 saturated heterocycles. The van der Waals surface area contributed by atoms with Crippen molar-refractivity contribution in [3.63, 3.8) is 0 Å². The summed E-state index contributed by atoms with van der Waals surface area (Å²) in [5.41, 5.74) is 6.29. The van der Waals surface area contributed by atoms with Crippen molar-refractivity contribution in [1.82, 2.24) is 20.3 Å². The third kappa shape index (κ3) is 5.99. The molecule has 37 heavy (non-hydrogen) atoms. The number of thiazole rings is 1. The molecule has 1 aliphatic rings. The molecule has 0 spiro atoms. The first kappa shape index (κ1) is 25.4. The molecule has 1 saturated carbocycles. The summed E-state index contributed by atoms with van der Waals surface area (Å²) >= 11 is 1.64. The Morgan fingerprint density at radius 3 is 2.68 bits per heavy atom. The Labute approximate surface area is 220 Å². The smallest absolute Gasteiger partial charge is 0.407 e. The number of fused-ring (bicyclic) bond motifs is 2. The lowest BCUT2D eigenvalue weighted by Gasteiger charge is -2.19. The zero-order valence-electron chi connectivity index (χ0n) is 21.9. The van der Waals surface area contributed by atoms with Gasteiger partial charge in [0.2, 0.25) is 0 Å². The molecule has 8 nitrogen and oxygen atoms in total. The highest BCUT2D eigenvalue weighted by molar-refractivity contribution is 7.21. The first-order valence-corrected chi connectivity index (χ1v) is 13.3. The number of nitrogens with one attached hydrogen (secondary N) is 1. The summed E-state index contributed by atoms with van der Waals surface area (Å²) in [5, 5.41) is 3.66. The van der Waals surface area contributed by atoms with E-state index in [2.05, 4.69) is 24.4 Å². The number of nitrogens with zero attached hydrogens (tertiary/aromatic N) is 3. The molecule has 1 fully saturated rings. The molecule has 0 atom stereocenters. The number of rotatable bonds is 8. The second-order valence-corrected chi connectivity index (χ2v) is 11.4. The Balaban J connectivity index is 1.41. The van der Waals surface area contributed by atoms with E-state index < -0.39 is 11.7 Å². The van der Waals surface area contributed by atoms with Crippen molar-refractivity contribution in [3.05, 3.63) is 47.3 Å². The molecular formula is C28H32N4O4S. The van der Waals surface area contributed by atoms with Gasteiger partial charge in [-0.1, -0.05) is 0 Å². The Bertz CT molecular complexity index is 1460. The highest BCUT2D eigenvalue weighted by Gasteiger charge is 2.28. The van der Waals surface area contributed by atoms with Gasteiger partial charge in [0.05, 0.1) is 46.3 Å². The van der Waals surface area contributed by atoms with E-state index in [1.807, 2.05) is 32.9 Å². The van der Waals surface area contributed by atoms with Gasteiger partial charge in [0, 0.05) is 12.7 Å². The van der Waals surface area contributed by atoms with Crippen LogP contribution in [0.2, 0.25) is 0 Å². The maximum absolute atomic E-state index is 11.9. The topological polar surface area (TPSA) is 95.5 Å². The van der Waals surface area contributed by atoms with E-state index in [1.165, 1.54) is 5.56 Å². The number of benzene rings is 2. The summed E-state index contributed by atoms with van der Waals surface area (Å²) in [6.45, 7) is 8.71. The molecule has 2 aromatic heterocycles. The molecule has 2 heterocycles. The van der Waals surface area contributed by atoms with Crippen molar-refractivity contribution in [2.45, 2.75) is 58.7 Å². The molecule has 1 aliphatic carbocycles. The molecule has 0 aliphatic heterocycles. The minimum absolute atomic E-state index is 0.350. The zero-order valence-corrected chi connectivity index (χ0v) is 22.7. The van der Waals surface area contributed by atoms with Gasteiger partial charge in [-0.3, -0.25) is 4.98 Å². The van der Waals surface area contributed by atoms with Crippen LogP contribution in [0.5, 0.6) is 5.75 Å². The number of alkyl carbamates (subject to hydrolysis) is 1. The van der Waals surface area contributed by atoms with Gasteiger partial charge >= 0.3 is 6.09 Å². The monoisotopic (exact) mass is 520 g/mol. The van der Waals surface area contributed by atoms with Crippen LogP contribution in [0.4, 0.5) is 4.79 Å². The van der Waals surface area contributed by atoms with Gasteiger partial charge in [-0.15, -0.1) is 11.3 Å². The average molecular weight is 521 g/mol. The SMILES string of the molecule is COCc1cnc2c(-c3nc4c(C5CC5)cc(OCCNC(=O)OC(C)(C)C)cc4s3)cc(C)cc2n1. The van der Waals surface area contributed by atoms with Gasteiger partial charge in [0.15, 0.2) is 0 Å². The zero-order chi connectivity index (χ0) is 26.2. The minimum Gasteiger partial charge on any atom is -0.492 e. The minimum atomic E-state index is -0.528. The van der Waals surface area contributed by atoms with Crippen LogP contribution in [0.3, 0.4) is 0 Å². The molecule has 0 bridgehead atoms. The maximum atomic E-state index is 11.9. The number of carbonyl (C=O) groups excluding carboxylic acids is 1. The van der Waals surface area contributed by atoms with E-state index in [0.717, 1.165) is 61.7 Å². The van der Waals surface area contributed by atoms with E-state index >= 15 is 0 Å². The molecule has 1 N–H and O–H groups in total. The van der Waals surface area contributed by atoms with Crippen LogP contribution in [0.15, 0.2) is 30.5 Å². The van der Waals surface area contributed by atoms with Crippen LogP contribution in [-0.2, 0) is 16.1 Å². The second kappa shape index (κ2) is 10.2. The summed E-state index contributed by atoms with van der Waals surface area (Å²) in [7, 11) is 1.65. The number of aryl methyl sites for hydroxylation is 1. The lowest BCUT2D eigenvalue weighted by atomic mass is 10.1. The van der Waals surface area contributed by atoms with E-state index in [1.54, 1.807) is 24.6 Å². The molecule has 194 valence electrons. The predicted octanol–water partition coefficient (Wildman–Crippen LogP) is 6.14. The highest BCUT2D eigenvalue weighted by atomic mass is 32.1. The fourth-order valence-electron chi connectivity index (χ4n) is 4.25. The molecule has 4 aromatic rings. The van der Waals surface area contributed by atoms with E-state index in [-0.39, 0.29) is 0 Å². The van der Waals surface area contributed by atoms with Crippen LogP contribution in [-0.4, -0.2) is 46.9 Å². The van der Waals surface area contributed by atoms with Crippen LogP contribution in [0.1, 0.15) is 56.4 Å². The van der Waals surface area contributed by atoms with Crippen LogP contribution in [0, 0.1) is 6.92 Å². The number of carbonyl (C=O) groups is 1. The molecule has 0 unspecified atom stereocenters. The number of hydrogen-bond acceptors (Lipinski definition) is 8. The van der Waals surface area contributed by atoms with Gasteiger partial charge in [-0.25, -0.2) is 14.8 Å². The third-order valence-corrected chi connectivity index (χ3v) is 6.95. The number of amides is 1. The quantitative estimate of drug-likeness (QED) is 0.279. The van der Waals surface area contributed by atoms with Gasteiger partial charge < -0.3 is 19.5 Å². The van der Waals surface area contributed by atoms with Crippen molar-refractivity contribution in [1.29, 1.82) is 0 Å². The molecule has 1 amide bonds. The fraction of sp³-hybridized carbons (Fsp3) is 0.429. The van der Waals surface area contributed by atoms with Gasteiger partial charge in [0.25, 0.3) is 0 Å². The number of hydrogen-bond donors (Lipinski definition) is 1. The van der Waals surface area contributed by atoms with Crippen LogP contribution < -0.4 is 10.1 Å². The lowest BCUT2D eigenvalue weighted by molar-refractivity contribution is 0.0520. The van der Waals surface area contributed by atoms with Crippen LogP contribution >= 0.6 is 11.3 Å². The Kier molecular flexibility index (Phi) is 7.00. The average Bonchev–Trinajstić information content (AvgIpc) is 3.58. The molecular weight excluding hydrogens is 488 g/mol. The number of methoxy groups -OCH3 is 1. The Hall–Kier alpha value is -3.30. The van der Waals surface area contributed by atoms with Crippen molar-refractivity contribution in [2.24, 2.45) is 0 Å². The first-order valence-electron chi connectivity index (χ1n) is 12.5.